The van der Waals surface area contributed by atoms with Crippen molar-refractivity contribution in [2.75, 3.05) is 11.5 Å². The SMILES string of the molecule is Cc1cccc(C2/C(=C(/O)c3cccc(OCC(C)C)c3)C(=O)C(=O)N2c2ccc(OC(F)(F)F)cc2)c1. The Morgan fingerprint density at radius 1 is 0.974 bits per heavy atom. The number of nitrogens with zero attached hydrogens (tertiary/aromatic N) is 1. The molecule has 0 aliphatic carbocycles. The molecule has 3 aromatic rings. The first-order valence-corrected chi connectivity index (χ1v) is 11.9. The summed E-state index contributed by atoms with van der Waals surface area (Å²) >= 11 is 0. The molecular weight excluding hydrogens is 499 g/mol. The Morgan fingerprint density at radius 3 is 2.29 bits per heavy atom. The molecule has 1 amide bonds. The lowest BCUT2D eigenvalue weighted by atomic mass is 9.94. The van der Waals surface area contributed by atoms with Crippen LogP contribution in [0.4, 0.5) is 18.9 Å². The van der Waals surface area contributed by atoms with Crippen LogP contribution in [0.5, 0.6) is 11.5 Å². The first-order chi connectivity index (χ1) is 17.9. The Balaban J connectivity index is 1.82. The minimum atomic E-state index is -4.87. The van der Waals surface area contributed by atoms with E-state index in [-0.39, 0.29) is 28.5 Å². The fraction of sp³-hybridized carbons (Fsp3) is 0.241. The maximum atomic E-state index is 13.3. The summed E-state index contributed by atoms with van der Waals surface area (Å²) in [4.78, 5) is 27.8. The molecule has 4 rings (SSSR count). The molecule has 6 nitrogen and oxygen atoms in total. The van der Waals surface area contributed by atoms with Crippen LogP contribution in [0.15, 0.2) is 78.4 Å². The highest BCUT2D eigenvalue weighted by Gasteiger charge is 2.47. The number of aliphatic hydroxyl groups excluding tert-OH is 1. The zero-order valence-electron chi connectivity index (χ0n) is 21.0. The molecule has 0 aromatic heterocycles. The van der Waals surface area contributed by atoms with Crippen molar-refractivity contribution in [1.29, 1.82) is 0 Å². The summed E-state index contributed by atoms with van der Waals surface area (Å²) in [6, 6.07) is 17.3. The summed E-state index contributed by atoms with van der Waals surface area (Å²) in [5, 5.41) is 11.3. The maximum Gasteiger partial charge on any atom is 0.573 e. The van der Waals surface area contributed by atoms with Crippen LogP contribution in [0.2, 0.25) is 0 Å². The molecule has 198 valence electrons. The third-order valence-corrected chi connectivity index (χ3v) is 5.84. The predicted octanol–water partition coefficient (Wildman–Crippen LogP) is 6.55. The van der Waals surface area contributed by atoms with Gasteiger partial charge in [-0.15, -0.1) is 13.2 Å². The van der Waals surface area contributed by atoms with Crippen LogP contribution in [-0.2, 0) is 9.59 Å². The van der Waals surface area contributed by atoms with E-state index in [1.807, 2.05) is 26.8 Å². The van der Waals surface area contributed by atoms with Gasteiger partial charge in [0, 0.05) is 11.3 Å². The molecule has 38 heavy (non-hydrogen) atoms. The van der Waals surface area contributed by atoms with Crippen molar-refractivity contribution >= 4 is 23.1 Å². The van der Waals surface area contributed by atoms with Gasteiger partial charge in [0.2, 0.25) is 0 Å². The number of anilines is 1. The van der Waals surface area contributed by atoms with Gasteiger partial charge >= 0.3 is 6.36 Å². The predicted molar refractivity (Wildman–Crippen MR) is 136 cm³/mol. The lowest BCUT2D eigenvalue weighted by Crippen LogP contribution is -2.29. The van der Waals surface area contributed by atoms with Crippen LogP contribution >= 0.6 is 0 Å². The number of Topliss-reactive ketones (excluding diaryl/α,β-unsaturated/α-hetero) is 1. The number of aryl methyl sites for hydroxylation is 1. The molecule has 1 heterocycles. The average Bonchev–Trinajstić information content (AvgIpc) is 3.12. The molecule has 1 aliphatic rings. The average molecular weight is 526 g/mol. The molecule has 0 bridgehead atoms. The van der Waals surface area contributed by atoms with Gasteiger partial charge in [-0.25, -0.2) is 0 Å². The number of hydrogen-bond donors (Lipinski definition) is 1. The van der Waals surface area contributed by atoms with Gasteiger partial charge < -0.3 is 14.6 Å². The minimum Gasteiger partial charge on any atom is -0.507 e. The number of rotatable bonds is 7. The van der Waals surface area contributed by atoms with E-state index in [1.165, 1.54) is 17.0 Å². The van der Waals surface area contributed by atoms with E-state index in [1.54, 1.807) is 42.5 Å². The summed E-state index contributed by atoms with van der Waals surface area (Å²) in [5.74, 6) is -1.93. The van der Waals surface area contributed by atoms with Gasteiger partial charge in [0.05, 0.1) is 18.2 Å². The van der Waals surface area contributed by atoms with E-state index in [4.69, 9.17) is 4.74 Å². The fourth-order valence-electron chi connectivity index (χ4n) is 4.21. The number of alkyl halides is 3. The van der Waals surface area contributed by atoms with Gasteiger partial charge in [0.1, 0.15) is 17.3 Å². The van der Waals surface area contributed by atoms with E-state index in [2.05, 4.69) is 4.74 Å². The maximum absolute atomic E-state index is 13.3. The van der Waals surface area contributed by atoms with Crippen LogP contribution in [0.1, 0.15) is 36.6 Å². The highest BCUT2D eigenvalue weighted by Crippen LogP contribution is 2.43. The third-order valence-electron chi connectivity index (χ3n) is 5.84. The molecule has 1 unspecified atom stereocenters. The second kappa shape index (κ2) is 10.6. The summed E-state index contributed by atoms with van der Waals surface area (Å²) in [6.07, 6.45) is -4.87. The van der Waals surface area contributed by atoms with Crippen molar-refractivity contribution in [2.24, 2.45) is 5.92 Å². The van der Waals surface area contributed by atoms with E-state index in [0.717, 1.165) is 17.7 Å². The van der Waals surface area contributed by atoms with E-state index in [9.17, 15) is 27.9 Å². The normalized spacial score (nSPS) is 17.2. The first kappa shape index (κ1) is 26.8. The summed E-state index contributed by atoms with van der Waals surface area (Å²) < 4.78 is 47.5. The molecule has 0 radical (unpaired) electrons. The summed E-state index contributed by atoms with van der Waals surface area (Å²) in [7, 11) is 0. The zero-order valence-corrected chi connectivity index (χ0v) is 21.0. The van der Waals surface area contributed by atoms with Gasteiger partial charge in [0.15, 0.2) is 0 Å². The van der Waals surface area contributed by atoms with E-state index in [0.29, 0.717) is 17.9 Å². The molecular formula is C29H26F3NO5. The van der Waals surface area contributed by atoms with Gasteiger partial charge in [0.25, 0.3) is 11.7 Å². The number of halogens is 3. The lowest BCUT2D eigenvalue weighted by Gasteiger charge is -2.26. The van der Waals surface area contributed by atoms with E-state index < -0.39 is 29.8 Å². The van der Waals surface area contributed by atoms with Crippen LogP contribution < -0.4 is 14.4 Å². The number of aliphatic hydroxyl groups is 1. The molecule has 1 fully saturated rings. The lowest BCUT2D eigenvalue weighted by molar-refractivity contribution is -0.274. The second-order valence-electron chi connectivity index (χ2n) is 9.36. The largest absolute Gasteiger partial charge is 0.573 e. The molecule has 9 heteroatoms. The number of hydrogen-bond acceptors (Lipinski definition) is 5. The van der Waals surface area contributed by atoms with Gasteiger partial charge in [-0.1, -0.05) is 55.8 Å². The Bertz CT molecular complexity index is 1380. The number of benzene rings is 3. The van der Waals surface area contributed by atoms with Crippen LogP contribution in [0.3, 0.4) is 0 Å². The van der Waals surface area contributed by atoms with Crippen molar-refractivity contribution in [3.05, 3.63) is 95.1 Å². The quantitative estimate of drug-likeness (QED) is 0.215. The topological polar surface area (TPSA) is 76.1 Å². The van der Waals surface area contributed by atoms with Crippen LogP contribution in [0, 0.1) is 12.8 Å². The highest BCUT2D eigenvalue weighted by molar-refractivity contribution is 6.51. The minimum absolute atomic E-state index is 0.141. The van der Waals surface area contributed by atoms with Crippen molar-refractivity contribution < 1.29 is 37.3 Å². The number of ketones is 1. The molecule has 1 N–H and O–H groups in total. The van der Waals surface area contributed by atoms with Crippen molar-refractivity contribution in [2.45, 2.75) is 33.2 Å². The molecule has 3 aromatic carbocycles. The molecule has 1 saturated heterocycles. The Kier molecular flexibility index (Phi) is 7.48. The Labute approximate surface area is 217 Å². The van der Waals surface area contributed by atoms with Gasteiger partial charge in [-0.2, -0.15) is 0 Å². The number of carbonyl (C=O) groups excluding carboxylic acids is 2. The molecule has 0 spiro atoms. The molecule has 1 atom stereocenters. The van der Waals surface area contributed by atoms with Crippen molar-refractivity contribution in [1.82, 2.24) is 0 Å². The number of amides is 1. The van der Waals surface area contributed by atoms with Crippen LogP contribution in [0.25, 0.3) is 5.76 Å². The van der Waals surface area contributed by atoms with E-state index >= 15 is 0 Å². The first-order valence-electron chi connectivity index (χ1n) is 11.9. The standard InChI is InChI=1S/C29H26F3NO5/c1-17(2)16-37-23-9-5-8-20(15-23)26(34)24-25(19-7-4-6-18(3)14-19)33(28(36)27(24)35)21-10-12-22(13-11-21)38-29(30,31)32/h4-15,17,25,34H,16H2,1-3H3/b26-24-. The number of ether oxygens (including phenoxy) is 2. The van der Waals surface area contributed by atoms with Gasteiger partial charge in [-0.05, 0) is 54.8 Å². The monoisotopic (exact) mass is 525 g/mol. The number of carbonyl (C=O) groups is 2. The smallest absolute Gasteiger partial charge is 0.507 e. The third kappa shape index (κ3) is 5.82. The van der Waals surface area contributed by atoms with Crippen molar-refractivity contribution in [3.8, 4) is 11.5 Å². The van der Waals surface area contributed by atoms with Crippen molar-refractivity contribution in [3.63, 3.8) is 0 Å². The van der Waals surface area contributed by atoms with Crippen LogP contribution in [-0.4, -0.2) is 29.8 Å². The molecule has 1 aliphatic heterocycles. The fourth-order valence-corrected chi connectivity index (χ4v) is 4.21. The Morgan fingerprint density at radius 2 is 1.66 bits per heavy atom. The zero-order chi connectivity index (χ0) is 27.6. The second-order valence-corrected chi connectivity index (χ2v) is 9.36. The highest BCUT2D eigenvalue weighted by atomic mass is 19.4. The summed E-state index contributed by atoms with van der Waals surface area (Å²) in [5.41, 5.74) is 1.72. The molecule has 0 saturated carbocycles. The summed E-state index contributed by atoms with van der Waals surface area (Å²) in [6.45, 7) is 6.28. The Hall–Kier alpha value is -4.27. The van der Waals surface area contributed by atoms with Gasteiger partial charge in [-0.3, -0.25) is 14.5 Å².